The third kappa shape index (κ3) is 3.80. The predicted octanol–water partition coefficient (Wildman–Crippen LogP) is -0.643. The number of anilines is 1. The largest absolute Gasteiger partial charge is 0.459 e. The average Bonchev–Trinajstić information content (AvgIpc) is 2.97. The summed E-state index contributed by atoms with van der Waals surface area (Å²) in [5, 5.41) is 0. The fourth-order valence-electron chi connectivity index (χ4n) is 2.21. The maximum Gasteiger partial charge on any atom is 0.344 e. The van der Waals surface area contributed by atoms with Crippen LogP contribution in [0.15, 0.2) is 35.6 Å². The van der Waals surface area contributed by atoms with Crippen molar-refractivity contribution in [2.24, 2.45) is 7.05 Å². The standard InChI is InChI=1S/C15H16N6O4/c1-20-4-2-3-10(7-20)14(23)25-6-5-24-9-21-8-17-11-12(21)18-15(16)19-13(11)22/h2-4,7-8H,5-6,9H2,1H3,(H2-,16,18,19,22)/p+1. The SMILES string of the molecule is C[n+]1cccc(C(=O)OCCOCn2cnc3c(=O)[nH]c(N)nc32)c1. The second kappa shape index (κ2) is 7.09. The van der Waals surface area contributed by atoms with Crippen LogP contribution in [-0.4, -0.2) is 38.7 Å². The zero-order chi connectivity index (χ0) is 17.8. The van der Waals surface area contributed by atoms with Crippen LogP contribution in [0.25, 0.3) is 11.2 Å². The molecule has 0 atom stereocenters. The van der Waals surface area contributed by atoms with Crippen molar-refractivity contribution in [1.29, 1.82) is 0 Å². The number of fused-ring (bicyclic) bond motifs is 1. The fourth-order valence-corrected chi connectivity index (χ4v) is 2.21. The quantitative estimate of drug-likeness (QED) is 0.345. The van der Waals surface area contributed by atoms with Crippen LogP contribution in [0.2, 0.25) is 0 Å². The molecule has 3 rings (SSSR count). The Kier molecular flexibility index (Phi) is 4.70. The average molecular weight is 345 g/mol. The summed E-state index contributed by atoms with van der Waals surface area (Å²) in [6.45, 7) is 0.382. The second-order valence-corrected chi connectivity index (χ2v) is 5.27. The zero-order valence-corrected chi connectivity index (χ0v) is 13.5. The molecule has 130 valence electrons. The van der Waals surface area contributed by atoms with Crippen LogP contribution in [0, 0.1) is 0 Å². The van der Waals surface area contributed by atoms with Gasteiger partial charge in [0.05, 0.1) is 12.9 Å². The van der Waals surface area contributed by atoms with Crippen LogP contribution in [0.3, 0.4) is 0 Å². The van der Waals surface area contributed by atoms with Crippen LogP contribution >= 0.6 is 0 Å². The van der Waals surface area contributed by atoms with E-state index < -0.39 is 11.5 Å². The third-order valence-electron chi connectivity index (χ3n) is 3.36. The minimum absolute atomic E-state index is 0.00389. The number of nitrogens with one attached hydrogen (secondary N) is 1. The van der Waals surface area contributed by atoms with Crippen LogP contribution in [-0.2, 0) is 23.3 Å². The molecule has 0 saturated heterocycles. The second-order valence-electron chi connectivity index (χ2n) is 5.27. The predicted molar refractivity (Wildman–Crippen MR) is 86.4 cm³/mol. The van der Waals surface area contributed by atoms with E-state index in [-0.39, 0.29) is 31.4 Å². The van der Waals surface area contributed by atoms with Crippen molar-refractivity contribution in [1.82, 2.24) is 19.5 Å². The van der Waals surface area contributed by atoms with Gasteiger partial charge >= 0.3 is 5.97 Å². The van der Waals surface area contributed by atoms with Gasteiger partial charge in [-0.1, -0.05) is 0 Å². The normalized spacial score (nSPS) is 10.9. The van der Waals surface area contributed by atoms with E-state index in [0.29, 0.717) is 11.2 Å². The van der Waals surface area contributed by atoms with Crippen molar-refractivity contribution < 1.29 is 18.8 Å². The van der Waals surface area contributed by atoms with E-state index in [1.54, 1.807) is 27.5 Å². The highest BCUT2D eigenvalue weighted by Gasteiger charge is 2.11. The Bertz CT molecular complexity index is 964. The first-order valence-electron chi connectivity index (χ1n) is 7.45. The molecule has 0 saturated carbocycles. The highest BCUT2D eigenvalue weighted by molar-refractivity contribution is 5.88. The number of hydrogen-bond donors (Lipinski definition) is 2. The number of imidazole rings is 1. The molecule has 0 aliphatic rings. The Morgan fingerprint density at radius 1 is 1.44 bits per heavy atom. The monoisotopic (exact) mass is 345 g/mol. The fraction of sp³-hybridized carbons (Fsp3) is 0.267. The molecule has 3 N–H and O–H groups in total. The molecule has 0 aliphatic carbocycles. The van der Waals surface area contributed by atoms with Gasteiger partial charge in [0.1, 0.15) is 25.9 Å². The minimum Gasteiger partial charge on any atom is -0.459 e. The number of rotatable bonds is 6. The first kappa shape index (κ1) is 16.6. The molecule has 0 aromatic carbocycles. The minimum atomic E-state index is -0.422. The molecule has 25 heavy (non-hydrogen) atoms. The Labute approximate surface area is 141 Å². The number of pyridine rings is 1. The lowest BCUT2D eigenvalue weighted by molar-refractivity contribution is -0.671. The molecule has 10 heteroatoms. The molecule has 0 amide bonds. The number of aromatic amines is 1. The lowest BCUT2D eigenvalue weighted by atomic mass is 10.3. The highest BCUT2D eigenvalue weighted by atomic mass is 16.6. The number of nitrogens with two attached hydrogens (primary N) is 1. The zero-order valence-electron chi connectivity index (χ0n) is 13.5. The lowest BCUT2D eigenvalue weighted by Crippen LogP contribution is -2.28. The van der Waals surface area contributed by atoms with E-state index in [1.807, 2.05) is 13.2 Å². The number of H-pyrrole nitrogens is 1. The van der Waals surface area contributed by atoms with Gasteiger partial charge in [-0.2, -0.15) is 4.98 Å². The van der Waals surface area contributed by atoms with Crippen molar-refractivity contribution in [2.45, 2.75) is 6.73 Å². The van der Waals surface area contributed by atoms with Crippen molar-refractivity contribution in [3.8, 4) is 0 Å². The first-order valence-corrected chi connectivity index (χ1v) is 7.45. The molecule has 0 bridgehead atoms. The lowest BCUT2D eigenvalue weighted by Gasteiger charge is -2.07. The molecule has 10 nitrogen and oxygen atoms in total. The first-order chi connectivity index (χ1) is 12.0. The Morgan fingerprint density at radius 2 is 2.28 bits per heavy atom. The summed E-state index contributed by atoms with van der Waals surface area (Å²) >= 11 is 0. The summed E-state index contributed by atoms with van der Waals surface area (Å²) < 4.78 is 13.9. The van der Waals surface area contributed by atoms with E-state index in [2.05, 4.69) is 15.0 Å². The summed E-state index contributed by atoms with van der Waals surface area (Å²) in [5.41, 5.74) is 6.08. The van der Waals surface area contributed by atoms with Crippen molar-refractivity contribution in [3.05, 3.63) is 46.8 Å². The number of aryl methyl sites for hydroxylation is 1. The molecular weight excluding hydrogens is 328 g/mol. The van der Waals surface area contributed by atoms with Crippen molar-refractivity contribution in [3.63, 3.8) is 0 Å². The van der Waals surface area contributed by atoms with Gasteiger partial charge in [0.25, 0.3) is 5.56 Å². The third-order valence-corrected chi connectivity index (χ3v) is 3.36. The van der Waals surface area contributed by atoms with E-state index in [9.17, 15) is 9.59 Å². The van der Waals surface area contributed by atoms with Crippen LogP contribution in [0.1, 0.15) is 10.4 Å². The molecule has 0 radical (unpaired) electrons. The van der Waals surface area contributed by atoms with Crippen molar-refractivity contribution in [2.75, 3.05) is 18.9 Å². The van der Waals surface area contributed by atoms with E-state index in [0.717, 1.165) is 0 Å². The Morgan fingerprint density at radius 3 is 3.08 bits per heavy atom. The topological polar surface area (TPSA) is 129 Å². The van der Waals surface area contributed by atoms with Gasteiger partial charge in [0.15, 0.2) is 23.6 Å². The number of carbonyl (C=O) groups excluding carboxylic acids is 1. The molecular formula is C15H17N6O4+. The van der Waals surface area contributed by atoms with Gasteiger partial charge in [0.2, 0.25) is 5.95 Å². The van der Waals surface area contributed by atoms with Gasteiger partial charge in [-0.15, -0.1) is 0 Å². The van der Waals surface area contributed by atoms with Crippen molar-refractivity contribution >= 4 is 23.1 Å². The van der Waals surface area contributed by atoms with Gasteiger partial charge in [0, 0.05) is 6.07 Å². The van der Waals surface area contributed by atoms with Gasteiger partial charge in [-0.25, -0.2) is 14.3 Å². The molecule has 0 fully saturated rings. The summed E-state index contributed by atoms with van der Waals surface area (Å²) in [7, 11) is 1.82. The smallest absolute Gasteiger partial charge is 0.344 e. The molecule has 0 aliphatic heterocycles. The number of carbonyl (C=O) groups is 1. The van der Waals surface area contributed by atoms with Crippen LogP contribution < -0.4 is 15.9 Å². The Hall–Kier alpha value is -3.27. The van der Waals surface area contributed by atoms with Crippen LogP contribution in [0.5, 0.6) is 0 Å². The maximum atomic E-state index is 11.9. The molecule has 3 aromatic heterocycles. The highest BCUT2D eigenvalue weighted by Crippen LogP contribution is 2.06. The van der Waals surface area contributed by atoms with E-state index in [1.165, 1.54) is 6.33 Å². The number of esters is 1. The molecule has 0 spiro atoms. The van der Waals surface area contributed by atoms with Crippen LogP contribution in [0.4, 0.5) is 5.95 Å². The van der Waals surface area contributed by atoms with Gasteiger partial charge in [-0.05, 0) is 6.07 Å². The maximum absolute atomic E-state index is 11.9. The van der Waals surface area contributed by atoms with E-state index >= 15 is 0 Å². The molecule has 0 unspecified atom stereocenters. The number of nitrogen functional groups attached to an aromatic ring is 1. The van der Waals surface area contributed by atoms with Gasteiger partial charge < -0.3 is 15.2 Å². The Balaban J connectivity index is 1.51. The number of hydrogen-bond acceptors (Lipinski definition) is 7. The summed E-state index contributed by atoms with van der Waals surface area (Å²) in [6.07, 6.45) is 4.93. The summed E-state index contributed by atoms with van der Waals surface area (Å²) in [4.78, 5) is 33.9. The van der Waals surface area contributed by atoms with Gasteiger partial charge in [-0.3, -0.25) is 14.3 Å². The number of ether oxygens (including phenoxy) is 2. The summed E-state index contributed by atoms with van der Waals surface area (Å²) in [5.74, 6) is -0.418. The number of aromatic nitrogens is 5. The van der Waals surface area contributed by atoms with E-state index in [4.69, 9.17) is 15.2 Å². The summed E-state index contributed by atoms with van der Waals surface area (Å²) in [6, 6.07) is 3.44. The number of nitrogens with zero attached hydrogens (tertiary/aromatic N) is 4. The molecule has 3 heterocycles. The molecule has 3 aromatic rings.